The highest BCUT2D eigenvalue weighted by Gasteiger charge is 2.42. The predicted molar refractivity (Wildman–Crippen MR) is 123 cm³/mol. The lowest BCUT2D eigenvalue weighted by Gasteiger charge is -2.50. The van der Waals surface area contributed by atoms with Gasteiger partial charge in [-0.15, -0.1) is 6.58 Å². The maximum atomic E-state index is 11.6. The van der Waals surface area contributed by atoms with Gasteiger partial charge in [0.25, 0.3) is 0 Å². The minimum absolute atomic E-state index is 0.161. The molecule has 1 N–H and O–H groups in total. The Balaban J connectivity index is 1.53. The Hall–Kier alpha value is -2.69. The minimum Gasteiger partial charge on any atom is -0.497 e. The Morgan fingerprint density at radius 3 is 2.77 bits per heavy atom. The van der Waals surface area contributed by atoms with E-state index in [2.05, 4.69) is 70.8 Å². The summed E-state index contributed by atoms with van der Waals surface area (Å²) >= 11 is 0. The normalized spacial score (nSPS) is 26.0. The standard InChI is InChI=1S/C27H31N2O2/c1-3-20-18-29-13-11-21(20)15-26(29)27(30)23-12-14-28(17-19-7-5-4-6-8-19)25-10-9-22(31-2)16-24(23)25/h3-10,12,14,16,20-21,26-27,30H,1,11,13,15,17-18H2,2H3/q+1/t20-,21-,26-,27+/m0/s1. The Labute approximate surface area is 184 Å². The Morgan fingerprint density at radius 1 is 1.23 bits per heavy atom. The molecule has 3 fully saturated rings. The maximum absolute atomic E-state index is 11.6. The predicted octanol–water partition coefficient (Wildman–Crippen LogP) is 4.11. The van der Waals surface area contributed by atoms with Gasteiger partial charge in [0, 0.05) is 35.8 Å². The van der Waals surface area contributed by atoms with E-state index in [9.17, 15) is 5.11 Å². The molecule has 160 valence electrons. The number of nitrogens with zero attached hydrogens (tertiary/aromatic N) is 2. The highest BCUT2D eigenvalue weighted by molar-refractivity contribution is 5.81. The molecule has 4 nitrogen and oxygen atoms in total. The summed E-state index contributed by atoms with van der Waals surface area (Å²) in [6, 6.07) is 18.9. The van der Waals surface area contributed by atoms with Crippen molar-refractivity contribution in [2.45, 2.75) is 31.5 Å². The number of pyridine rings is 1. The summed E-state index contributed by atoms with van der Waals surface area (Å²) in [4.78, 5) is 2.47. The molecule has 1 aromatic heterocycles. The van der Waals surface area contributed by atoms with E-state index in [0.29, 0.717) is 11.8 Å². The van der Waals surface area contributed by atoms with Crippen molar-refractivity contribution in [3.63, 3.8) is 0 Å². The third kappa shape index (κ3) is 3.75. The number of methoxy groups -OCH3 is 1. The first-order valence-corrected chi connectivity index (χ1v) is 11.3. The molecule has 0 amide bonds. The van der Waals surface area contributed by atoms with Crippen LogP contribution < -0.4 is 9.30 Å². The molecule has 4 heteroatoms. The molecule has 3 aliphatic heterocycles. The zero-order valence-electron chi connectivity index (χ0n) is 18.2. The van der Waals surface area contributed by atoms with Crippen LogP contribution in [0.2, 0.25) is 0 Å². The third-order valence-electron chi connectivity index (χ3n) is 7.29. The molecule has 31 heavy (non-hydrogen) atoms. The number of hydrogen-bond donors (Lipinski definition) is 1. The molecule has 2 aromatic carbocycles. The zero-order valence-corrected chi connectivity index (χ0v) is 18.2. The topological polar surface area (TPSA) is 36.6 Å². The van der Waals surface area contributed by atoms with E-state index >= 15 is 0 Å². The summed E-state index contributed by atoms with van der Waals surface area (Å²) < 4.78 is 7.78. The highest BCUT2D eigenvalue weighted by atomic mass is 16.5. The summed E-state index contributed by atoms with van der Waals surface area (Å²) in [6.07, 6.45) is 5.94. The third-order valence-corrected chi connectivity index (χ3v) is 7.29. The summed E-state index contributed by atoms with van der Waals surface area (Å²) in [6.45, 7) is 6.90. The molecular weight excluding hydrogens is 384 g/mol. The van der Waals surface area contributed by atoms with E-state index in [4.69, 9.17) is 4.74 Å². The van der Waals surface area contributed by atoms with E-state index < -0.39 is 6.10 Å². The average Bonchev–Trinajstić information content (AvgIpc) is 2.84. The van der Waals surface area contributed by atoms with Gasteiger partial charge in [-0.1, -0.05) is 36.4 Å². The fourth-order valence-electron chi connectivity index (χ4n) is 5.55. The number of aliphatic hydroxyl groups excluding tert-OH is 1. The fourth-order valence-corrected chi connectivity index (χ4v) is 5.55. The van der Waals surface area contributed by atoms with Crippen molar-refractivity contribution in [1.82, 2.24) is 4.90 Å². The lowest BCUT2D eigenvalue weighted by molar-refractivity contribution is -0.662. The van der Waals surface area contributed by atoms with Gasteiger partial charge in [-0.3, -0.25) is 4.90 Å². The van der Waals surface area contributed by atoms with Crippen LogP contribution in [0.25, 0.3) is 10.9 Å². The number of benzene rings is 2. The Morgan fingerprint density at radius 2 is 2.06 bits per heavy atom. The van der Waals surface area contributed by atoms with E-state index in [-0.39, 0.29) is 6.04 Å². The van der Waals surface area contributed by atoms with Crippen LogP contribution in [0.3, 0.4) is 0 Å². The number of aromatic nitrogens is 1. The van der Waals surface area contributed by atoms with Crippen LogP contribution in [0.4, 0.5) is 0 Å². The molecular formula is C27H31N2O2+. The van der Waals surface area contributed by atoms with Gasteiger partial charge in [0.2, 0.25) is 5.52 Å². The molecule has 0 aliphatic carbocycles. The smallest absolute Gasteiger partial charge is 0.213 e. The van der Waals surface area contributed by atoms with Crippen molar-refractivity contribution in [2.75, 3.05) is 20.2 Å². The first kappa shape index (κ1) is 20.2. The van der Waals surface area contributed by atoms with E-state index in [1.54, 1.807) is 7.11 Å². The average molecular weight is 416 g/mol. The van der Waals surface area contributed by atoms with Crippen LogP contribution in [0.5, 0.6) is 5.75 Å². The molecule has 3 saturated heterocycles. The molecule has 0 saturated carbocycles. The van der Waals surface area contributed by atoms with E-state index in [1.807, 2.05) is 12.1 Å². The van der Waals surface area contributed by atoms with Crippen LogP contribution in [-0.2, 0) is 6.54 Å². The lowest BCUT2D eigenvalue weighted by Crippen LogP contribution is -2.54. The van der Waals surface area contributed by atoms with Gasteiger partial charge in [-0.2, -0.15) is 4.57 Å². The second kappa shape index (κ2) is 8.45. The summed E-state index contributed by atoms with van der Waals surface area (Å²) in [7, 11) is 1.69. The number of fused-ring (bicyclic) bond motifs is 4. The number of aliphatic hydroxyl groups is 1. The molecule has 1 unspecified atom stereocenters. The van der Waals surface area contributed by atoms with Gasteiger partial charge in [-0.25, -0.2) is 0 Å². The molecule has 5 atom stereocenters. The van der Waals surface area contributed by atoms with Crippen LogP contribution >= 0.6 is 0 Å². The second-order valence-electron chi connectivity index (χ2n) is 8.96. The molecule has 0 spiro atoms. The number of piperidine rings is 3. The quantitative estimate of drug-likeness (QED) is 0.486. The van der Waals surface area contributed by atoms with Gasteiger partial charge >= 0.3 is 0 Å². The SMILES string of the molecule is C=C[C@H]1CN2CC[C@H]1C[C@H]2[C@H](O)c1cc[n+](Cc2ccccc2)c2ccc(OC)cc12. The van der Waals surface area contributed by atoms with Crippen molar-refractivity contribution in [1.29, 1.82) is 0 Å². The van der Waals surface area contributed by atoms with Crippen LogP contribution in [0.1, 0.15) is 30.1 Å². The summed E-state index contributed by atoms with van der Waals surface area (Å²) in [5, 5.41) is 12.6. The second-order valence-corrected chi connectivity index (χ2v) is 8.96. The number of ether oxygens (including phenoxy) is 1. The van der Waals surface area contributed by atoms with Crippen molar-refractivity contribution < 1.29 is 14.4 Å². The maximum Gasteiger partial charge on any atom is 0.213 e. The molecule has 4 heterocycles. The summed E-state index contributed by atoms with van der Waals surface area (Å²) in [5.41, 5.74) is 3.36. The number of hydrogen-bond acceptors (Lipinski definition) is 3. The molecule has 0 radical (unpaired) electrons. The van der Waals surface area contributed by atoms with Gasteiger partial charge in [0.15, 0.2) is 12.7 Å². The lowest BCUT2D eigenvalue weighted by atomic mass is 9.73. The van der Waals surface area contributed by atoms with Crippen molar-refractivity contribution >= 4 is 10.9 Å². The first-order chi connectivity index (χ1) is 15.2. The van der Waals surface area contributed by atoms with Crippen molar-refractivity contribution in [3.05, 3.63) is 84.6 Å². The Bertz CT molecular complexity index is 1080. The van der Waals surface area contributed by atoms with Crippen LogP contribution in [0.15, 0.2) is 73.4 Å². The zero-order chi connectivity index (χ0) is 21.4. The Kier molecular flexibility index (Phi) is 5.51. The first-order valence-electron chi connectivity index (χ1n) is 11.3. The minimum atomic E-state index is -0.519. The largest absolute Gasteiger partial charge is 0.497 e. The van der Waals surface area contributed by atoms with E-state index in [0.717, 1.165) is 48.3 Å². The molecule has 2 bridgehead atoms. The van der Waals surface area contributed by atoms with Crippen molar-refractivity contribution in [2.24, 2.45) is 11.8 Å². The monoisotopic (exact) mass is 415 g/mol. The van der Waals surface area contributed by atoms with E-state index in [1.165, 1.54) is 12.0 Å². The van der Waals surface area contributed by atoms with Crippen LogP contribution in [0, 0.1) is 11.8 Å². The van der Waals surface area contributed by atoms with Gasteiger partial charge in [-0.05, 0) is 43.4 Å². The van der Waals surface area contributed by atoms with Crippen LogP contribution in [-0.4, -0.2) is 36.2 Å². The van der Waals surface area contributed by atoms with Gasteiger partial charge < -0.3 is 9.84 Å². The van der Waals surface area contributed by atoms with Gasteiger partial charge in [0.05, 0.1) is 18.6 Å². The summed E-state index contributed by atoms with van der Waals surface area (Å²) in [5.74, 6) is 2.00. The van der Waals surface area contributed by atoms with Crippen molar-refractivity contribution in [3.8, 4) is 5.75 Å². The molecule has 3 aliphatic rings. The number of rotatable bonds is 6. The molecule has 6 rings (SSSR count). The fraction of sp³-hybridized carbons (Fsp3) is 0.370. The molecule has 3 aromatic rings. The van der Waals surface area contributed by atoms with Gasteiger partial charge in [0.1, 0.15) is 5.75 Å². The highest BCUT2D eigenvalue weighted by Crippen LogP contribution is 2.42.